The zero-order valence-electron chi connectivity index (χ0n) is 5.25. The summed E-state index contributed by atoms with van der Waals surface area (Å²) in [6.07, 6.45) is 0.500. The third-order valence-corrected chi connectivity index (χ3v) is 0. The van der Waals surface area contributed by atoms with E-state index in [0.29, 0.717) is 0 Å². The molecule has 0 aliphatic rings. The Morgan fingerprint density at radius 2 is 0.261 bits per heavy atom. The van der Waals surface area contributed by atoms with Gasteiger partial charge in [0.05, 0.1) is 0 Å². The maximum Gasteiger partial charge on any atom is 0 e. The first-order chi connectivity index (χ1) is 5.83. The van der Waals surface area contributed by atoms with Gasteiger partial charge >= 0.3 is 23.6 Å². The molecule has 0 fully saturated rings. The van der Waals surface area contributed by atoms with Crippen LogP contribution in [0.15, 0.2) is 0 Å². The minimum Gasteiger partial charge on any atom is 0 e. The van der Waals surface area contributed by atoms with Gasteiger partial charge in [-0.25, -0.2) is 0 Å². The molecule has 0 rings (SSSR count). The molecule has 0 aromatic heterocycles. The standard InChI is InChI=1S/2CO2.CO.34CH4.H2O2.O2.H2/c2*2-1-3;1-2;;;;;;;;;;;;;;;;;;;;;;;;;;;;;;;;;;;2*1-2;/h;;;34*1H4;1-2H;;1H. The van der Waals surface area contributed by atoms with Crippen LogP contribution in [0.4, 0.5) is 0 Å². The van der Waals surface area contributed by atoms with Gasteiger partial charge in [-0.05, 0) is 0 Å². The van der Waals surface area contributed by atoms with E-state index in [0.717, 1.165) is 0 Å². The van der Waals surface area contributed by atoms with Crippen molar-refractivity contribution in [1.82, 2.24) is 0 Å². The van der Waals surface area contributed by atoms with E-state index < -0.39 is 0 Å². The van der Waals surface area contributed by atoms with Gasteiger partial charge in [0.25, 0.3) is 0 Å². The molecule has 0 spiro atoms. The zero-order chi connectivity index (χ0) is 11.4. The molecule has 0 heterocycles. The number of carbonyl (C=O) groups excluding carboxylic acids is 4. The minimum absolute atomic E-state index is 0. The molecule has 0 aliphatic heterocycles. The normalized spacial score (nSPS) is 0.609. The average molecular weight is 730 g/mol. The van der Waals surface area contributed by atoms with Crippen LogP contribution in [0.25, 0.3) is 0 Å². The molecule has 0 amide bonds. The summed E-state index contributed by atoms with van der Waals surface area (Å²) >= 11 is 0. The Bertz CT molecular complexity index is 131. The maximum absolute atomic E-state index is 8.12. The zero-order valence-corrected chi connectivity index (χ0v) is 5.25. The van der Waals surface area contributed by atoms with E-state index in [1.165, 1.54) is 0 Å². The quantitative estimate of drug-likeness (QED) is 0.108. The molecule has 342 valence electrons. The van der Waals surface area contributed by atoms with E-state index in [-0.39, 0.29) is 266 Å². The predicted molar refractivity (Wildman–Crippen MR) is 257 cm³/mol. The second-order valence-corrected chi connectivity index (χ2v) is 0.167. The van der Waals surface area contributed by atoms with Crippen molar-refractivity contribution in [1.29, 1.82) is 0 Å². The number of rotatable bonds is 0. The Morgan fingerprint density at radius 3 is 0.261 bits per heavy atom. The summed E-state index contributed by atoms with van der Waals surface area (Å²) in [6.45, 7) is 4.50. The van der Waals surface area contributed by atoms with Crippen LogP contribution in [0.5, 0.6) is 0 Å². The molecule has 0 radical (unpaired) electrons. The van der Waals surface area contributed by atoms with Crippen molar-refractivity contribution in [2.75, 3.05) is 0 Å². The summed E-state index contributed by atoms with van der Waals surface area (Å²) in [6, 6.07) is 0. The summed E-state index contributed by atoms with van der Waals surface area (Å²) in [5.41, 5.74) is 0. The van der Waals surface area contributed by atoms with Crippen molar-refractivity contribution in [2.45, 2.75) is 253 Å². The Balaban J connectivity index is -0.000000000290. The predicted octanol–water partition coefficient (Wildman–Crippen LogP) is 20.8. The van der Waals surface area contributed by atoms with Gasteiger partial charge in [0.15, 0.2) is 0 Å². The molecule has 0 unspecified atom stereocenters. The van der Waals surface area contributed by atoms with Crippen LogP contribution in [-0.4, -0.2) is 22.8 Å². The topological polar surface area (TPSA) is 163 Å². The Hall–Kier alpha value is -1.98. The molecular formula is C37H140O9. The molecule has 46 heavy (non-hydrogen) atoms. The fourth-order valence-electron chi connectivity index (χ4n) is 0. The van der Waals surface area contributed by atoms with Gasteiger partial charge in [0.1, 0.15) is 0 Å². The van der Waals surface area contributed by atoms with E-state index in [1.54, 1.807) is 0 Å². The van der Waals surface area contributed by atoms with Crippen molar-refractivity contribution < 1.29 is 35.8 Å². The first kappa shape index (κ1) is 3230. The molecule has 0 atom stereocenters. The molecular weight excluding hydrogens is 588 g/mol. The Morgan fingerprint density at radius 1 is 0.261 bits per heavy atom. The molecule has 9 nitrogen and oxygen atoms in total. The van der Waals surface area contributed by atoms with Crippen molar-refractivity contribution in [3.63, 3.8) is 0 Å². The third-order valence-electron chi connectivity index (χ3n) is 0. The van der Waals surface area contributed by atoms with Crippen molar-refractivity contribution in [3.05, 3.63) is 16.6 Å². The van der Waals surface area contributed by atoms with E-state index in [9.17, 15) is 0 Å². The first-order valence-electron chi connectivity index (χ1n) is 1.39. The van der Waals surface area contributed by atoms with Gasteiger partial charge in [0, 0.05) is 11.4 Å². The smallest absolute Gasteiger partial charge is 0 e. The number of hydrogen-bond acceptors (Lipinski definition) is 8. The van der Waals surface area contributed by atoms with Gasteiger partial charge in [-0.15, -0.1) is 0 Å². The van der Waals surface area contributed by atoms with Crippen LogP contribution >= 0.6 is 0 Å². The average Bonchev–Trinajstić information content (AvgIpc) is 2.16. The van der Waals surface area contributed by atoms with Crippen LogP contribution < -0.4 is 0 Å². The molecule has 0 aromatic rings. The fraction of sp³-hybridized carbons (Fsp3) is 0.919. The van der Waals surface area contributed by atoms with E-state index in [2.05, 4.69) is 6.65 Å². The van der Waals surface area contributed by atoms with Crippen LogP contribution in [0.1, 0.15) is 254 Å². The van der Waals surface area contributed by atoms with E-state index in [4.69, 9.17) is 44.3 Å². The minimum atomic E-state index is 0. The fourth-order valence-corrected chi connectivity index (χ4v) is 0. The van der Waals surface area contributed by atoms with E-state index >= 15 is 0 Å². The van der Waals surface area contributed by atoms with Gasteiger partial charge in [-0.1, -0.05) is 253 Å². The first-order valence-corrected chi connectivity index (χ1v) is 1.39. The second-order valence-electron chi connectivity index (χ2n) is 0.167. The van der Waals surface area contributed by atoms with Crippen molar-refractivity contribution in [3.8, 4) is 0 Å². The largest absolute Gasteiger partial charge is 0 e. The van der Waals surface area contributed by atoms with Crippen LogP contribution in [0.2, 0.25) is 0 Å². The van der Waals surface area contributed by atoms with Gasteiger partial charge in [-0.2, -0.15) is 19.2 Å². The van der Waals surface area contributed by atoms with Crippen LogP contribution in [0.3, 0.4) is 0 Å². The van der Waals surface area contributed by atoms with E-state index in [1.807, 2.05) is 0 Å². The molecule has 0 saturated heterocycles. The molecule has 0 aromatic carbocycles. The van der Waals surface area contributed by atoms with Crippen molar-refractivity contribution >= 4 is 12.3 Å². The van der Waals surface area contributed by atoms with Gasteiger partial charge in [-0.3, -0.25) is 10.5 Å². The van der Waals surface area contributed by atoms with Crippen LogP contribution in [-0.2, 0) is 23.8 Å². The molecule has 2 N–H and O–H groups in total. The monoisotopic (exact) mass is 729 g/mol. The second kappa shape index (κ2) is 190000000. The molecule has 0 bridgehead atoms. The summed E-state index contributed by atoms with van der Waals surface area (Å²) in [7, 11) is 0. The van der Waals surface area contributed by atoms with Gasteiger partial charge < -0.3 is 0 Å². The summed E-state index contributed by atoms with van der Waals surface area (Å²) in [5, 5.41) is 12.0. The molecule has 0 aliphatic carbocycles. The summed E-state index contributed by atoms with van der Waals surface area (Å²) in [4.78, 5) is 46.5. The molecule has 9 heteroatoms. The summed E-state index contributed by atoms with van der Waals surface area (Å²) < 4.78 is 7.50. The van der Waals surface area contributed by atoms with Gasteiger partial charge in [0.2, 0.25) is 0 Å². The summed E-state index contributed by atoms with van der Waals surface area (Å²) in [5.74, 6) is 0. The van der Waals surface area contributed by atoms with Crippen molar-refractivity contribution in [2.24, 2.45) is 0 Å². The Kier molecular flexibility index (Phi) is 13300000000. The molecule has 0 saturated carbocycles. The third kappa shape index (κ3) is 18000. The maximum atomic E-state index is 8.12. The number of hydrogen-bond donors (Lipinski definition) is 2. The Labute approximate surface area is 317 Å². The van der Waals surface area contributed by atoms with Crippen LogP contribution in [0, 0.1) is 16.6 Å². The SMILES string of the molecule is C.C.C.C.C.C.C.C.C.C.C.C.C.C.C.C.C.C.C.C.C.C.C.C.C.C.C.C.C.C.C.C.C.C.O=C=O.O=C=O.O=O.OO.[C-]#[O+].[HH].